The second-order valence-corrected chi connectivity index (χ2v) is 8.58. The highest BCUT2D eigenvalue weighted by Crippen LogP contribution is 2.30. The summed E-state index contributed by atoms with van der Waals surface area (Å²) in [6, 6.07) is 17.5. The highest BCUT2D eigenvalue weighted by molar-refractivity contribution is 6.31. The van der Waals surface area contributed by atoms with Gasteiger partial charge in [-0.25, -0.2) is 0 Å². The number of hydrogen-bond donors (Lipinski definition) is 1. The van der Waals surface area contributed by atoms with Gasteiger partial charge in [-0.05, 0) is 67.7 Å². The molecule has 0 saturated carbocycles. The molecule has 1 saturated heterocycles. The minimum Gasteiger partial charge on any atom is -0.457 e. The van der Waals surface area contributed by atoms with Gasteiger partial charge in [0.15, 0.2) is 0 Å². The number of para-hydroxylation sites is 2. The second kappa shape index (κ2) is 9.44. The zero-order chi connectivity index (χ0) is 21.8. The molecule has 1 N–H and O–H groups in total. The predicted molar refractivity (Wildman–Crippen MR) is 129 cm³/mol. The number of hydrogen-bond acceptors (Lipinski definition) is 3. The van der Waals surface area contributed by atoms with Gasteiger partial charge >= 0.3 is 0 Å². The summed E-state index contributed by atoms with van der Waals surface area (Å²) in [5, 5.41) is 3.72. The number of nitrogens with zero attached hydrogens (tertiary/aromatic N) is 1. The molecule has 1 aromatic heterocycles. The van der Waals surface area contributed by atoms with Gasteiger partial charge in [0.05, 0.1) is 11.4 Å². The van der Waals surface area contributed by atoms with Crippen LogP contribution in [-0.2, 0) is 4.79 Å². The molecule has 3 aromatic rings. The topological polar surface area (TPSA) is 45.5 Å². The summed E-state index contributed by atoms with van der Waals surface area (Å²) >= 11 is 6.21. The number of anilines is 2. The van der Waals surface area contributed by atoms with E-state index in [-0.39, 0.29) is 5.91 Å². The van der Waals surface area contributed by atoms with Crippen molar-refractivity contribution in [1.29, 1.82) is 0 Å². The molecule has 31 heavy (non-hydrogen) atoms. The summed E-state index contributed by atoms with van der Waals surface area (Å²) in [4.78, 5) is 14.9. The number of amides is 1. The molecule has 1 fully saturated rings. The first-order chi connectivity index (χ1) is 15.0. The molecule has 1 aliphatic rings. The number of halogens is 1. The number of furan rings is 1. The highest BCUT2D eigenvalue weighted by atomic mass is 35.5. The lowest BCUT2D eigenvalue weighted by Gasteiger charge is -2.33. The predicted octanol–water partition coefficient (Wildman–Crippen LogP) is 6.80. The average Bonchev–Trinajstić information content (AvgIpc) is 3.24. The van der Waals surface area contributed by atoms with Crippen molar-refractivity contribution in [1.82, 2.24) is 0 Å². The third-order valence-electron chi connectivity index (χ3n) is 5.77. The number of aryl methyl sites for hydroxylation is 1. The lowest BCUT2D eigenvalue weighted by molar-refractivity contribution is -0.111. The van der Waals surface area contributed by atoms with E-state index in [9.17, 15) is 4.79 Å². The fourth-order valence-electron chi connectivity index (χ4n) is 3.78. The molecule has 160 valence electrons. The molecule has 2 aromatic carbocycles. The first-order valence-corrected chi connectivity index (χ1v) is 11.1. The quantitative estimate of drug-likeness (QED) is 0.449. The van der Waals surface area contributed by atoms with E-state index in [0.29, 0.717) is 16.5 Å². The lowest BCUT2D eigenvalue weighted by atomic mass is 9.98. The van der Waals surface area contributed by atoms with Crippen molar-refractivity contribution < 1.29 is 9.21 Å². The van der Waals surface area contributed by atoms with Crippen LogP contribution < -0.4 is 10.2 Å². The molecule has 4 nitrogen and oxygen atoms in total. The molecule has 0 atom stereocenters. The Kier molecular flexibility index (Phi) is 6.47. The van der Waals surface area contributed by atoms with E-state index in [2.05, 4.69) is 23.2 Å². The monoisotopic (exact) mass is 434 g/mol. The Bertz CT molecular complexity index is 1090. The van der Waals surface area contributed by atoms with Gasteiger partial charge in [-0.1, -0.05) is 42.8 Å². The molecule has 0 aliphatic carbocycles. The van der Waals surface area contributed by atoms with E-state index < -0.39 is 0 Å². The van der Waals surface area contributed by atoms with Crippen LogP contribution in [0, 0.1) is 12.8 Å². The zero-order valence-electron chi connectivity index (χ0n) is 17.9. The first kappa shape index (κ1) is 21.3. The normalized spacial score (nSPS) is 14.9. The Morgan fingerprint density at radius 2 is 1.90 bits per heavy atom. The number of piperidine rings is 1. The van der Waals surface area contributed by atoms with Gasteiger partial charge in [-0.3, -0.25) is 4.79 Å². The van der Waals surface area contributed by atoms with Crippen LogP contribution in [0.15, 0.2) is 65.1 Å². The van der Waals surface area contributed by atoms with Crippen LogP contribution in [0.4, 0.5) is 11.4 Å². The van der Waals surface area contributed by atoms with E-state index in [4.69, 9.17) is 16.0 Å². The lowest BCUT2D eigenvalue weighted by Crippen LogP contribution is -2.33. The van der Waals surface area contributed by atoms with Crippen molar-refractivity contribution in [3.05, 3.63) is 77.0 Å². The van der Waals surface area contributed by atoms with Gasteiger partial charge in [-0.15, -0.1) is 0 Å². The molecular formula is C26H27ClN2O2. The summed E-state index contributed by atoms with van der Waals surface area (Å²) in [6.45, 7) is 6.29. The molecule has 1 aliphatic heterocycles. The van der Waals surface area contributed by atoms with Crippen molar-refractivity contribution in [2.75, 3.05) is 23.3 Å². The van der Waals surface area contributed by atoms with Crippen LogP contribution in [0.25, 0.3) is 17.4 Å². The van der Waals surface area contributed by atoms with Crippen LogP contribution in [0.1, 0.15) is 31.1 Å². The van der Waals surface area contributed by atoms with Gasteiger partial charge in [0.25, 0.3) is 0 Å². The Hall–Kier alpha value is -2.98. The molecule has 0 spiro atoms. The maximum Gasteiger partial charge on any atom is 0.248 e. The van der Waals surface area contributed by atoms with Crippen molar-refractivity contribution >= 4 is 35.0 Å². The molecule has 5 heteroatoms. The maximum atomic E-state index is 12.6. The number of benzene rings is 2. The fourth-order valence-corrected chi connectivity index (χ4v) is 3.96. The van der Waals surface area contributed by atoms with Crippen LogP contribution in [0.2, 0.25) is 5.02 Å². The smallest absolute Gasteiger partial charge is 0.248 e. The SMILES string of the molecule is Cc1ccc(-c2ccc(C=CC(=O)Nc3ccccc3N3CCC(C)CC3)o2)cc1Cl. The van der Waals surface area contributed by atoms with E-state index >= 15 is 0 Å². The Balaban J connectivity index is 1.43. The van der Waals surface area contributed by atoms with E-state index in [1.54, 1.807) is 6.08 Å². The minimum atomic E-state index is -0.186. The molecule has 0 bridgehead atoms. The van der Waals surface area contributed by atoms with Crippen LogP contribution in [0.3, 0.4) is 0 Å². The average molecular weight is 435 g/mol. The number of nitrogens with one attached hydrogen (secondary N) is 1. The third kappa shape index (κ3) is 5.20. The minimum absolute atomic E-state index is 0.186. The van der Waals surface area contributed by atoms with Gasteiger partial charge in [-0.2, -0.15) is 0 Å². The summed E-state index contributed by atoms with van der Waals surface area (Å²) in [5.41, 5.74) is 3.84. The van der Waals surface area contributed by atoms with Crippen molar-refractivity contribution in [2.45, 2.75) is 26.7 Å². The van der Waals surface area contributed by atoms with Gasteiger partial charge in [0.1, 0.15) is 11.5 Å². The first-order valence-electron chi connectivity index (χ1n) is 10.7. The Morgan fingerprint density at radius 1 is 1.13 bits per heavy atom. The summed E-state index contributed by atoms with van der Waals surface area (Å²) in [6.07, 6.45) is 5.53. The second-order valence-electron chi connectivity index (χ2n) is 8.18. The molecule has 4 rings (SSSR count). The van der Waals surface area contributed by atoms with E-state index in [0.717, 1.165) is 41.5 Å². The van der Waals surface area contributed by atoms with Crippen molar-refractivity contribution in [2.24, 2.45) is 5.92 Å². The molecule has 1 amide bonds. The fraction of sp³-hybridized carbons (Fsp3) is 0.269. The van der Waals surface area contributed by atoms with Crippen molar-refractivity contribution in [3.8, 4) is 11.3 Å². The van der Waals surface area contributed by atoms with Gasteiger partial charge < -0.3 is 14.6 Å². The number of carbonyl (C=O) groups is 1. The summed E-state index contributed by atoms with van der Waals surface area (Å²) in [7, 11) is 0. The molecule has 0 radical (unpaired) electrons. The van der Waals surface area contributed by atoms with Crippen LogP contribution in [-0.4, -0.2) is 19.0 Å². The molecular weight excluding hydrogens is 408 g/mol. The largest absolute Gasteiger partial charge is 0.457 e. The standard InChI is InChI=1S/C26H27ClN2O2/c1-18-13-15-29(16-14-18)24-6-4-3-5-23(24)28-26(30)12-10-21-9-11-25(31-21)20-8-7-19(2)22(27)17-20/h3-12,17-18H,13-16H2,1-2H3,(H,28,30). The highest BCUT2D eigenvalue weighted by Gasteiger charge is 2.18. The Morgan fingerprint density at radius 3 is 2.68 bits per heavy atom. The van der Waals surface area contributed by atoms with Crippen LogP contribution >= 0.6 is 11.6 Å². The van der Waals surface area contributed by atoms with Gasteiger partial charge in [0, 0.05) is 29.8 Å². The summed E-state index contributed by atoms with van der Waals surface area (Å²) < 4.78 is 5.86. The summed E-state index contributed by atoms with van der Waals surface area (Å²) in [5.74, 6) is 1.90. The Labute approximate surface area is 188 Å². The van der Waals surface area contributed by atoms with E-state index in [1.165, 1.54) is 18.9 Å². The van der Waals surface area contributed by atoms with Crippen molar-refractivity contribution in [3.63, 3.8) is 0 Å². The number of carbonyl (C=O) groups excluding carboxylic acids is 1. The zero-order valence-corrected chi connectivity index (χ0v) is 18.7. The van der Waals surface area contributed by atoms with E-state index in [1.807, 2.05) is 55.5 Å². The molecule has 0 unspecified atom stereocenters. The molecule has 2 heterocycles. The van der Waals surface area contributed by atoms with Gasteiger partial charge in [0.2, 0.25) is 5.91 Å². The van der Waals surface area contributed by atoms with Crippen LogP contribution in [0.5, 0.6) is 0 Å². The third-order valence-corrected chi connectivity index (χ3v) is 6.18. The number of rotatable bonds is 5. The maximum absolute atomic E-state index is 12.6.